The van der Waals surface area contributed by atoms with Crippen LogP contribution >= 0.6 is 21.6 Å². The minimum Gasteiger partial charge on any atom is -0.466 e. The molecule has 4 rings (SSSR count). The number of amides is 4. The lowest BCUT2D eigenvalue weighted by atomic mass is 9.71. The summed E-state index contributed by atoms with van der Waals surface area (Å²) in [6.45, 7) is 7.38. The molecule has 732 valence electrons. The molecule has 0 radical (unpaired) electrons. The average Bonchev–Trinajstić information content (AvgIpc) is 1.17. The van der Waals surface area contributed by atoms with E-state index in [1.807, 2.05) is 0 Å². The van der Waals surface area contributed by atoms with E-state index in [-0.39, 0.29) is 157 Å². The van der Waals surface area contributed by atoms with Gasteiger partial charge >= 0.3 is 18.0 Å². The number of rotatable bonds is 76. The highest BCUT2D eigenvalue weighted by atomic mass is 33.1. The zero-order valence-electron chi connectivity index (χ0n) is 75.6. The van der Waals surface area contributed by atoms with Crippen molar-refractivity contribution in [2.75, 3.05) is 137 Å². The molecule has 0 aliphatic carbocycles. The first-order valence-corrected chi connectivity index (χ1v) is 49.1. The second-order valence-corrected chi connectivity index (χ2v) is 36.7. The Hall–Kier alpha value is -4.43. The van der Waals surface area contributed by atoms with E-state index in [0.29, 0.717) is 174 Å². The lowest BCUT2D eigenvalue weighted by molar-refractivity contribution is -0.282. The van der Waals surface area contributed by atoms with E-state index in [1.165, 1.54) is 0 Å². The fourth-order valence-electron chi connectivity index (χ4n) is 15.8. The number of Topliss-reactive ketones (excluding diaryl/α,β-unsaturated/α-hetero) is 3. The Morgan fingerprint density at radius 1 is 0.381 bits per heavy atom. The number of unbranched alkanes of at least 4 members (excludes halogenated alkanes) is 12. The van der Waals surface area contributed by atoms with Gasteiger partial charge in [-0.1, -0.05) is 93.7 Å². The molecule has 4 aliphatic rings. The fourth-order valence-corrected chi connectivity index (χ4v) is 17.8. The van der Waals surface area contributed by atoms with Crippen LogP contribution in [0.2, 0.25) is 0 Å². The smallest absolute Gasteiger partial charge is 0.407 e. The van der Waals surface area contributed by atoms with Gasteiger partial charge in [0.25, 0.3) is 0 Å². The summed E-state index contributed by atoms with van der Waals surface area (Å²) in [5, 5.41) is 108. The number of nitrogens with zero attached hydrogens (tertiary/aromatic N) is 1. The van der Waals surface area contributed by atoms with Crippen LogP contribution in [0.3, 0.4) is 0 Å². The SMILES string of the molecule is CO[C@H]1C[C@H](CO)N(C(=O)CCCCC(=O)CCCSSCCOCCOCCC(=O)CC(CCCOC(=O)CCCCCCCNC(=O)CCCOC2OC(CO)C(O)C(O)C2C)(CCCOC(=O)CCCCCCCNC(=O)CCCOC2OC(CO)C(O)C(O)C2C)CCCOC(=O)NCCCCCCC(=O)CCCOC2OC(CO)C(O)C(O)C2C)C1. The predicted molar refractivity (Wildman–Crippen MR) is 469 cm³/mol. The van der Waals surface area contributed by atoms with Crippen molar-refractivity contribution in [3.05, 3.63) is 0 Å². The van der Waals surface area contributed by atoms with Crippen molar-refractivity contribution in [1.82, 2.24) is 20.9 Å². The summed E-state index contributed by atoms with van der Waals surface area (Å²) in [5.41, 5.74) is -0.681. The number of esters is 2. The van der Waals surface area contributed by atoms with Crippen molar-refractivity contribution in [3.63, 3.8) is 0 Å². The molecule has 0 aromatic heterocycles. The van der Waals surface area contributed by atoms with Crippen molar-refractivity contribution in [1.29, 1.82) is 0 Å². The monoisotopic (exact) mass is 1840 g/mol. The highest BCUT2D eigenvalue weighted by Gasteiger charge is 2.45. The summed E-state index contributed by atoms with van der Waals surface area (Å²) in [6, 6.07) is -0.226. The molecule has 4 saturated heterocycles. The maximum atomic E-state index is 14.2. The van der Waals surface area contributed by atoms with E-state index in [2.05, 4.69) is 16.0 Å². The van der Waals surface area contributed by atoms with Crippen LogP contribution in [-0.2, 0) is 95.2 Å². The molecule has 0 spiro atoms. The molecule has 4 aliphatic heterocycles. The number of methoxy groups -OCH3 is 1. The Morgan fingerprint density at radius 2 is 0.770 bits per heavy atom. The van der Waals surface area contributed by atoms with Gasteiger partial charge in [0, 0.05) is 133 Å². The third-order valence-corrected chi connectivity index (χ3v) is 26.2. The van der Waals surface area contributed by atoms with Gasteiger partial charge < -0.3 is 129 Å². The van der Waals surface area contributed by atoms with E-state index in [0.717, 1.165) is 82.1 Å². The molecule has 37 heteroatoms. The van der Waals surface area contributed by atoms with Crippen LogP contribution in [0.25, 0.3) is 0 Å². The fraction of sp³-hybridized carbons (Fsp3) is 0.899. The van der Waals surface area contributed by atoms with Crippen molar-refractivity contribution in [2.24, 2.45) is 23.2 Å². The number of ether oxygens (including phenoxy) is 12. The molecule has 0 aromatic rings. The summed E-state index contributed by atoms with van der Waals surface area (Å²) in [5.74, 6) is -0.814. The van der Waals surface area contributed by atoms with Gasteiger partial charge in [-0.15, -0.1) is 0 Å². The second kappa shape index (κ2) is 69.4. The van der Waals surface area contributed by atoms with Crippen molar-refractivity contribution >= 4 is 74.7 Å². The molecule has 15 unspecified atom stereocenters. The van der Waals surface area contributed by atoms with Crippen molar-refractivity contribution < 1.29 is 151 Å². The topological polar surface area (TPSA) is 506 Å². The zero-order valence-corrected chi connectivity index (χ0v) is 77.3. The first-order valence-electron chi connectivity index (χ1n) is 46.7. The second-order valence-electron chi connectivity index (χ2n) is 34.0. The summed E-state index contributed by atoms with van der Waals surface area (Å²) < 4.78 is 68.3. The Balaban J connectivity index is 1.24. The molecule has 4 amide bonds. The van der Waals surface area contributed by atoms with Gasteiger partial charge in [-0.05, 0) is 127 Å². The van der Waals surface area contributed by atoms with E-state index in [1.54, 1.807) is 54.4 Å². The standard InChI is InChI=1S/C89H158N4O31S2/c1-63-79(106)82(109)71(60-95)122-85(63)118-44-21-30-67(98)28-13-9-12-20-43-92-88(112)121-49-27-40-89(38-25-47-116-77(104)35-14-7-5-10-18-41-90-74(101)32-22-45-119-86-64(2)80(107)83(110)72(61-96)123-86,39-26-48-117-78(105)36-15-8-6-11-19-42-91-75(102)33-23-46-120-87-65(3)81(108)84(111)73(62-97)124-87)57-69(100)37-50-114-51-52-115-53-55-126-125-54-24-31-68(99)29-16-17-34-76(103)93-58-70(113-4)56-66(93)59-94/h63-66,70-73,79-87,94-97,106-111H,5-62H2,1-4H3,(H,90,101)(H,91,102)(H,92,112)/t63?,64?,65?,66-,70+,71?,72?,73?,79?,80?,81?,82?,83?,84?,85?,86?,87?,89?/m1/s1. The predicted octanol–water partition coefficient (Wildman–Crippen LogP) is 6.46. The maximum absolute atomic E-state index is 14.2. The number of carbonyl (C=O) groups excluding carboxylic acids is 9. The largest absolute Gasteiger partial charge is 0.466 e. The Labute approximate surface area is 754 Å². The molecule has 0 saturated carbocycles. The van der Waals surface area contributed by atoms with Crippen LogP contribution in [0.4, 0.5) is 4.79 Å². The number of alkyl carbamates (subject to hydrolysis) is 1. The summed E-state index contributed by atoms with van der Waals surface area (Å²) in [6.07, 6.45) is 6.97. The van der Waals surface area contributed by atoms with Gasteiger partial charge in [0.05, 0.1) is 123 Å². The molecular formula is C89H158N4O31S2. The third-order valence-electron chi connectivity index (χ3n) is 23.7. The van der Waals surface area contributed by atoms with Gasteiger partial charge in [-0.25, -0.2) is 4.79 Å². The minimum absolute atomic E-state index is 0.0170. The molecule has 0 aromatic carbocycles. The molecule has 0 bridgehead atoms. The number of aliphatic hydroxyl groups excluding tert-OH is 10. The van der Waals surface area contributed by atoms with Crippen LogP contribution in [0.15, 0.2) is 0 Å². The first kappa shape index (κ1) is 114. The van der Waals surface area contributed by atoms with Crippen molar-refractivity contribution in [3.8, 4) is 0 Å². The van der Waals surface area contributed by atoms with Gasteiger partial charge in [-0.3, -0.25) is 38.4 Å². The Bertz CT molecular complexity index is 2860. The molecule has 126 heavy (non-hydrogen) atoms. The van der Waals surface area contributed by atoms with Crippen LogP contribution < -0.4 is 16.0 Å². The Kier molecular flexibility index (Phi) is 62.8. The zero-order chi connectivity index (χ0) is 92.1. The van der Waals surface area contributed by atoms with Gasteiger partial charge in [-0.2, -0.15) is 0 Å². The Morgan fingerprint density at radius 3 is 1.23 bits per heavy atom. The number of hydrogen-bond donors (Lipinski definition) is 13. The normalized spacial score (nSPS) is 24.8. The minimum atomic E-state index is -1.23. The number of aliphatic hydroxyl groups is 10. The van der Waals surface area contributed by atoms with E-state index in [9.17, 15) is 94.2 Å². The summed E-state index contributed by atoms with van der Waals surface area (Å²) in [7, 11) is 4.94. The summed E-state index contributed by atoms with van der Waals surface area (Å²) in [4.78, 5) is 118. The van der Waals surface area contributed by atoms with E-state index in [4.69, 9.17) is 56.8 Å². The van der Waals surface area contributed by atoms with Crippen LogP contribution in [0.1, 0.15) is 265 Å². The number of ketones is 3. The maximum Gasteiger partial charge on any atom is 0.407 e. The van der Waals surface area contributed by atoms with Crippen LogP contribution in [-0.4, -0.2) is 332 Å². The first-order chi connectivity index (χ1) is 60.8. The van der Waals surface area contributed by atoms with Gasteiger partial charge in [0.1, 0.15) is 54.0 Å². The highest BCUT2D eigenvalue weighted by molar-refractivity contribution is 8.76. The number of carbonyl (C=O) groups is 9. The van der Waals surface area contributed by atoms with Gasteiger partial charge in [0.15, 0.2) is 18.9 Å². The van der Waals surface area contributed by atoms with Gasteiger partial charge in [0.2, 0.25) is 17.7 Å². The number of likely N-dealkylation sites (tertiary alicyclic amines) is 1. The molecule has 4 fully saturated rings. The lowest BCUT2D eigenvalue weighted by Gasteiger charge is -2.40. The van der Waals surface area contributed by atoms with Crippen molar-refractivity contribution in [2.45, 2.75) is 351 Å². The molecule has 4 heterocycles. The number of nitrogens with one attached hydrogen (secondary N) is 3. The van der Waals surface area contributed by atoms with Crippen LogP contribution in [0.5, 0.6) is 0 Å². The molecule has 17 atom stereocenters. The summed E-state index contributed by atoms with van der Waals surface area (Å²) >= 11 is 0. The molecular weight excluding hydrogens is 1690 g/mol. The van der Waals surface area contributed by atoms with Crippen LogP contribution in [0, 0.1) is 23.2 Å². The van der Waals surface area contributed by atoms with E-state index >= 15 is 0 Å². The highest BCUT2D eigenvalue weighted by Crippen LogP contribution is 2.40. The number of hydrogen-bond acceptors (Lipinski definition) is 33. The third kappa shape index (κ3) is 48.3. The quantitative estimate of drug-likeness (QED) is 0.0134. The molecule has 13 N–H and O–H groups in total. The molecule has 35 nitrogen and oxygen atoms in total. The lowest BCUT2D eigenvalue weighted by Crippen LogP contribution is -2.55. The van der Waals surface area contributed by atoms with E-state index < -0.39 is 123 Å². The average molecular weight is 1840 g/mol.